The molecule has 1 aliphatic rings. The number of nitro groups is 1. The van der Waals surface area contributed by atoms with E-state index in [4.69, 9.17) is 23.7 Å². The summed E-state index contributed by atoms with van der Waals surface area (Å²) in [6.07, 6.45) is 0.530. The van der Waals surface area contributed by atoms with Gasteiger partial charge in [0.2, 0.25) is 0 Å². The molecule has 9 nitrogen and oxygen atoms in total. The second kappa shape index (κ2) is 13.6. The summed E-state index contributed by atoms with van der Waals surface area (Å²) in [6.45, 7) is 3.24. The largest absolute Gasteiger partial charge is 0.507 e. The number of hydrogen-bond acceptors (Lipinski definition) is 8. The summed E-state index contributed by atoms with van der Waals surface area (Å²) in [5.74, 6) is 1.28. The van der Waals surface area contributed by atoms with E-state index in [1.165, 1.54) is 12.1 Å². The molecule has 196 valence electrons. The maximum atomic E-state index is 11.7. The van der Waals surface area contributed by atoms with E-state index in [1.807, 2.05) is 48.5 Å². The number of nitro benzene ring substituents is 1. The lowest BCUT2D eigenvalue weighted by Gasteiger charge is -2.16. The highest BCUT2D eigenvalue weighted by Crippen LogP contribution is 2.35. The lowest BCUT2D eigenvalue weighted by Crippen LogP contribution is -2.14. The second-order valence-corrected chi connectivity index (χ2v) is 8.47. The van der Waals surface area contributed by atoms with Crippen molar-refractivity contribution in [1.82, 2.24) is 0 Å². The number of non-ortho nitro benzene ring substituents is 1. The van der Waals surface area contributed by atoms with Crippen molar-refractivity contribution >= 4 is 5.69 Å². The first kappa shape index (κ1) is 26.4. The zero-order valence-corrected chi connectivity index (χ0v) is 20.6. The molecular weight excluding hydrogens is 478 g/mol. The molecule has 1 N–H and O–H groups in total. The Bertz CT molecular complexity index is 1100. The Morgan fingerprint density at radius 3 is 1.46 bits per heavy atom. The van der Waals surface area contributed by atoms with Crippen LogP contribution in [0.2, 0.25) is 0 Å². The summed E-state index contributed by atoms with van der Waals surface area (Å²) in [4.78, 5) is 11.3. The number of rotatable bonds is 1. The SMILES string of the molecule is O=[N+]([O-])c1cc2c(O)c(c1)Cc1ccccc1OCCOCCOCCOCCOc1ccccc1C2. The number of aromatic hydroxyl groups is 1. The van der Waals surface area contributed by atoms with Crippen molar-refractivity contribution in [3.8, 4) is 17.2 Å². The lowest BCUT2D eigenvalue weighted by molar-refractivity contribution is -0.385. The molecule has 1 aliphatic heterocycles. The first-order valence-corrected chi connectivity index (χ1v) is 12.3. The summed E-state index contributed by atoms with van der Waals surface area (Å²) in [6, 6.07) is 17.7. The Balaban J connectivity index is 1.64. The average molecular weight is 510 g/mol. The van der Waals surface area contributed by atoms with Crippen LogP contribution in [0.5, 0.6) is 17.2 Å². The van der Waals surface area contributed by atoms with Crippen LogP contribution in [0.4, 0.5) is 5.69 Å². The molecule has 0 saturated heterocycles. The molecule has 0 spiro atoms. The molecule has 0 saturated carbocycles. The molecule has 2 bridgehead atoms. The fourth-order valence-corrected chi connectivity index (χ4v) is 4.07. The van der Waals surface area contributed by atoms with Gasteiger partial charge >= 0.3 is 0 Å². The van der Waals surface area contributed by atoms with Gasteiger partial charge in [-0.2, -0.15) is 0 Å². The third-order valence-electron chi connectivity index (χ3n) is 5.88. The summed E-state index contributed by atoms with van der Waals surface area (Å²) >= 11 is 0. The molecule has 0 radical (unpaired) electrons. The molecule has 37 heavy (non-hydrogen) atoms. The molecule has 4 rings (SSSR count). The first-order valence-electron chi connectivity index (χ1n) is 12.3. The second-order valence-electron chi connectivity index (χ2n) is 8.47. The van der Waals surface area contributed by atoms with Gasteiger partial charge in [-0.25, -0.2) is 0 Å². The summed E-state index contributed by atoms with van der Waals surface area (Å²) in [5, 5.41) is 22.9. The number of fused-ring (bicyclic) bond motifs is 4. The van der Waals surface area contributed by atoms with Gasteiger partial charge in [-0.15, -0.1) is 0 Å². The number of para-hydroxylation sites is 2. The average Bonchev–Trinajstić information content (AvgIpc) is 2.90. The maximum absolute atomic E-state index is 11.7. The molecule has 9 heteroatoms. The van der Waals surface area contributed by atoms with E-state index in [1.54, 1.807) is 0 Å². The number of benzene rings is 3. The third-order valence-corrected chi connectivity index (χ3v) is 5.88. The van der Waals surface area contributed by atoms with E-state index in [9.17, 15) is 15.2 Å². The van der Waals surface area contributed by atoms with Crippen LogP contribution >= 0.6 is 0 Å². The van der Waals surface area contributed by atoms with Gasteiger partial charge in [-0.05, 0) is 23.3 Å². The molecular formula is C28H31NO8. The van der Waals surface area contributed by atoms with Crippen molar-refractivity contribution in [1.29, 1.82) is 0 Å². The van der Waals surface area contributed by atoms with Crippen LogP contribution in [0, 0.1) is 10.1 Å². The van der Waals surface area contributed by atoms with Crippen molar-refractivity contribution in [3.05, 3.63) is 93.0 Å². The van der Waals surface area contributed by atoms with E-state index in [2.05, 4.69) is 0 Å². The third kappa shape index (κ3) is 7.66. The van der Waals surface area contributed by atoms with Gasteiger partial charge < -0.3 is 28.8 Å². The van der Waals surface area contributed by atoms with Crippen LogP contribution in [0.3, 0.4) is 0 Å². The number of phenols is 1. The monoisotopic (exact) mass is 509 g/mol. The van der Waals surface area contributed by atoms with Crippen molar-refractivity contribution in [3.63, 3.8) is 0 Å². The smallest absolute Gasteiger partial charge is 0.270 e. The fourth-order valence-electron chi connectivity index (χ4n) is 4.07. The van der Waals surface area contributed by atoms with Gasteiger partial charge in [0.25, 0.3) is 5.69 Å². The summed E-state index contributed by atoms with van der Waals surface area (Å²) < 4.78 is 28.5. The summed E-state index contributed by atoms with van der Waals surface area (Å²) in [5.41, 5.74) is 2.42. The minimum Gasteiger partial charge on any atom is -0.507 e. The quantitative estimate of drug-likeness (QED) is 0.382. The Hall–Kier alpha value is -3.66. The lowest BCUT2D eigenvalue weighted by atomic mass is 9.96. The van der Waals surface area contributed by atoms with Gasteiger partial charge in [-0.3, -0.25) is 10.1 Å². The Morgan fingerprint density at radius 2 is 1.03 bits per heavy atom. The predicted molar refractivity (Wildman–Crippen MR) is 137 cm³/mol. The summed E-state index contributed by atoms with van der Waals surface area (Å²) in [7, 11) is 0. The van der Waals surface area contributed by atoms with Crippen molar-refractivity contribution in [2.24, 2.45) is 0 Å². The number of ether oxygens (including phenoxy) is 5. The maximum Gasteiger partial charge on any atom is 0.270 e. The number of nitrogens with zero attached hydrogens (tertiary/aromatic N) is 1. The first-order chi connectivity index (χ1) is 18.1. The highest BCUT2D eigenvalue weighted by Gasteiger charge is 2.19. The van der Waals surface area contributed by atoms with Crippen LogP contribution in [0.25, 0.3) is 0 Å². The number of hydrogen-bond donors (Lipinski definition) is 1. The van der Waals surface area contributed by atoms with Gasteiger partial charge in [-0.1, -0.05) is 36.4 Å². The van der Waals surface area contributed by atoms with Crippen LogP contribution in [-0.2, 0) is 27.1 Å². The van der Waals surface area contributed by atoms with Gasteiger partial charge in [0.15, 0.2) is 0 Å². The normalized spacial score (nSPS) is 16.0. The minimum atomic E-state index is -0.445. The molecule has 0 aliphatic carbocycles. The van der Waals surface area contributed by atoms with Gasteiger partial charge in [0.05, 0.1) is 44.6 Å². The number of phenolic OH excluding ortho intramolecular Hbond substituents is 1. The highest BCUT2D eigenvalue weighted by molar-refractivity contribution is 5.54. The van der Waals surface area contributed by atoms with Crippen molar-refractivity contribution in [2.75, 3.05) is 52.9 Å². The van der Waals surface area contributed by atoms with Crippen molar-refractivity contribution < 1.29 is 33.7 Å². The van der Waals surface area contributed by atoms with Crippen LogP contribution < -0.4 is 9.47 Å². The molecule has 3 aromatic rings. The minimum absolute atomic E-state index is 0.0176. The Labute approximate surface area is 215 Å². The van der Waals surface area contributed by atoms with E-state index in [0.29, 0.717) is 75.5 Å². The molecule has 0 aromatic heterocycles. The molecule has 0 atom stereocenters. The fraction of sp³-hybridized carbons (Fsp3) is 0.357. The van der Waals surface area contributed by atoms with Crippen LogP contribution in [0.15, 0.2) is 60.7 Å². The van der Waals surface area contributed by atoms with Gasteiger partial charge in [0.1, 0.15) is 30.5 Å². The van der Waals surface area contributed by atoms with Crippen LogP contribution in [0.1, 0.15) is 22.3 Å². The van der Waals surface area contributed by atoms with Gasteiger partial charge in [0, 0.05) is 36.1 Å². The predicted octanol–water partition coefficient (Wildman–Crippen LogP) is 4.30. The van der Waals surface area contributed by atoms with E-state index >= 15 is 0 Å². The molecule has 3 aromatic carbocycles. The van der Waals surface area contributed by atoms with E-state index in [0.717, 1.165) is 11.1 Å². The van der Waals surface area contributed by atoms with E-state index < -0.39 is 4.92 Å². The zero-order chi connectivity index (χ0) is 25.9. The zero-order valence-electron chi connectivity index (χ0n) is 20.6. The van der Waals surface area contributed by atoms with Crippen molar-refractivity contribution in [2.45, 2.75) is 12.8 Å². The highest BCUT2D eigenvalue weighted by atomic mass is 16.6. The van der Waals surface area contributed by atoms with Crippen LogP contribution in [-0.4, -0.2) is 62.9 Å². The molecule has 0 unspecified atom stereocenters. The molecule has 0 fully saturated rings. The molecule has 1 heterocycles. The molecule has 0 amide bonds. The van der Waals surface area contributed by atoms with E-state index in [-0.39, 0.29) is 24.3 Å². The topological polar surface area (TPSA) is 110 Å². The standard InChI is InChI=1S/C28H31NO8/c30-28-23-17-21-5-1-3-7-26(21)36-15-13-34-11-9-33-10-12-35-14-16-37-27-8-4-2-6-22(27)18-24(28)20-25(19-23)29(31)32/h1-8,19-20,30H,9-18H2. The Morgan fingerprint density at radius 1 is 0.622 bits per heavy atom. The Kier molecular flexibility index (Phi) is 9.70.